The number of nitrogen functional groups attached to an aromatic ring is 1. The zero-order chi connectivity index (χ0) is 25.4. The maximum Gasteiger partial charge on any atom is 0.405 e. The highest BCUT2D eigenvalue weighted by Crippen LogP contribution is 2.33. The van der Waals surface area contributed by atoms with Crippen LogP contribution in [0.4, 0.5) is 29.3 Å². The lowest BCUT2D eigenvalue weighted by molar-refractivity contribution is -0.123. The first-order chi connectivity index (χ1) is 16.5. The average molecular weight is 512 g/mol. The molecule has 3 heterocycles. The van der Waals surface area contributed by atoms with Crippen molar-refractivity contribution in [3.63, 3.8) is 0 Å². The van der Waals surface area contributed by atoms with E-state index in [1.54, 1.807) is 18.2 Å². The van der Waals surface area contributed by atoms with Gasteiger partial charge in [0, 0.05) is 19.1 Å². The molecule has 35 heavy (non-hydrogen) atoms. The normalized spacial score (nSPS) is 18.7. The zero-order valence-electron chi connectivity index (χ0n) is 18.7. The number of carbonyl (C=O) groups excluding carboxylic acids is 1. The topological polar surface area (TPSA) is 135 Å². The van der Waals surface area contributed by atoms with Gasteiger partial charge >= 0.3 is 12.2 Å². The number of likely N-dealkylation sites (tertiary alicyclic amines) is 1. The number of benzene rings is 1. The molecule has 0 aliphatic carbocycles. The lowest BCUT2D eigenvalue weighted by Crippen LogP contribution is -2.43. The Bertz CT molecular complexity index is 1330. The van der Waals surface area contributed by atoms with Crippen molar-refractivity contribution >= 4 is 38.5 Å². The number of anilines is 2. The number of hydrogen-bond donors (Lipinski definition) is 3. The summed E-state index contributed by atoms with van der Waals surface area (Å²) >= 11 is 0. The molecule has 4 N–H and O–H groups in total. The molecule has 0 bridgehead atoms. The molecule has 2 atom stereocenters. The highest BCUT2D eigenvalue weighted by Gasteiger charge is 2.36. The number of fused-ring (bicyclic) bond motifs is 1. The molecule has 2 aromatic heterocycles. The van der Waals surface area contributed by atoms with Gasteiger partial charge in [-0.25, -0.2) is 9.78 Å². The third-order valence-electron chi connectivity index (χ3n) is 5.89. The van der Waals surface area contributed by atoms with Crippen LogP contribution in [-0.2, 0) is 10.0 Å². The van der Waals surface area contributed by atoms with Crippen molar-refractivity contribution in [1.82, 2.24) is 24.4 Å². The molecule has 1 unspecified atom stereocenters. The molecule has 0 radical (unpaired) electrons. The lowest BCUT2D eigenvalue weighted by Gasteiger charge is -2.21. The van der Waals surface area contributed by atoms with Gasteiger partial charge in [0.2, 0.25) is 0 Å². The van der Waals surface area contributed by atoms with Crippen LogP contribution in [0.1, 0.15) is 13.3 Å². The highest BCUT2D eigenvalue weighted by molar-refractivity contribution is 7.90. The standard InChI is InChI=1S/C21H24F3N7O3S/c1-2-13-10-30(20(32)27-12-21(22,23)24)11-17(13)29-18-15-8-28-31(19(15)26-9-16(18)25)35(33,34)14-6-4-3-5-7-14/h3-9,13,17H,2,10-12,25H2,1H3,(H,26,29)(H,27,32)/t13?,17-/m1/s1. The number of aromatic nitrogens is 3. The maximum atomic E-state index is 13.1. The van der Waals surface area contributed by atoms with E-state index in [-0.39, 0.29) is 41.3 Å². The third kappa shape index (κ3) is 4.97. The van der Waals surface area contributed by atoms with Crippen molar-refractivity contribution in [2.24, 2.45) is 5.92 Å². The monoisotopic (exact) mass is 511 g/mol. The fraction of sp³-hybridized carbons (Fsp3) is 0.381. The molecule has 1 aromatic carbocycles. The number of halogens is 3. The van der Waals surface area contributed by atoms with Crippen molar-refractivity contribution in [2.45, 2.75) is 30.5 Å². The fourth-order valence-corrected chi connectivity index (χ4v) is 5.33. The maximum absolute atomic E-state index is 13.1. The van der Waals surface area contributed by atoms with Gasteiger partial charge < -0.3 is 21.3 Å². The average Bonchev–Trinajstić information content (AvgIpc) is 3.44. The van der Waals surface area contributed by atoms with Gasteiger partial charge in [-0.2, -0.15) is 26.7 Å². The number of nitrogens with two attached hydrogens (primary N) is 1. The molecular formula is C21H24F3N7O3S. The van der Waals surface area contributed by atoms with E-state index in [1.165, 1.54) is 29.4 Å². The molecule has 1 fully saturated rings. The Kier molecular flexibility index (Phi) is 6.49. The van der Waals surface area contributed by atoms with Crippen LogP contribution in [0, 0.1) is 5.92 Å². The van der Waals surface area contributed by atoms with Crippen LogP contribution >= 0.6 is 0 Å². The van der Waals surface area contributed by atoms with Crippen LogP contribution in [0.15, 0.2) is 47.6 Å². The Labute approximate surface area is 199 Å². The zero-order valence-corrected chi connectivity index (χ0v) is 19.5. The first-order valence-corrected chi connectivity index (χ1v) is 12.2. The Morgan fingerprint density at radius 1 is 1.20 bits per heavy atom. The lowest BCUT2D eigenvalue weighted by atomic mass is 10.0. The van der Waals surface area contributed by atoms with E-state index in [9.17, 15) is 26.4 Å². The van der Waals surface area contributed by atoms with Crippen LogP contribution in [0.5, 0.6) is 0 Å². The van der Waals surface area contributed by atoms with E-state index < -0.39 is 28.8 Å². The van der Waals surface area contributed by atoms with Gasteiger partial charge in [-0.15, -0.1) is 4.09 Å². The summed E-state index contributed by atoms with van der Waals surface area (Å²) in [7, 11) is -4.01. The molecule has 10 nitrogen and oxygen atoms in total. The molecule has 4 rings (SSSR count). The molecule has 2 amide bonds. The Balaban J connectivity index is 1.61. The summed E-state index contributed by atoms with van der Waals surface area (Å²) in [5, 5.41) is 9.55. The minimum absolute atomic E-state index is 0.0421. The van der Waals surface area contributed by atoms with Crippen LogP contribution in [-0.4, -0.2) is 65.4 Å². The summed E-state index contributed by atoms with van der Waals surface area (Å²) in [6.07, 6.45) is -1.21. The number of alkyl halides is 3. The Morgan fingerprint density at radius 2 is 1.91 bits per heavy atom. The smallest absolute Gasteiger partial charge is 0.396 e. The number of amides is 2. The van der Waals surface area contributed by atoms with Crippen molar-refractivity contribution in [3.05, 3.63) is 42.7 Å². The molecule has 1 aliphatic rings. The molecule has 0 spiro atoms. The first kappa shape index (κ1) is 24.6. The summed E-state index contributed by atoms with van der Waals surface area (Å²) in [5.74, 6) is -0.0719. The van der Waals surface area contributed by atoms with Gasteiger partial charge in [0.05, 0.1) is 34.1 Å². The second kappa shape index (κ2) is 9.24. The number of pyridine rings is 1. The van der Waals surface area contributed by atoms with Crippen LogP contribution < -0.4 is 16.4 Å². The Morgan fingerprint density at radius 3 is 2.57 bits per heavy atom. The SMILES string of the molecule is CCC1CN(C(=O)NCC(F)(F)F)C[C@H]1Nc1c(N)cnc2c1cnn2S(=O)(=O)c1ccccc1. The predicted molar refractivity (Wildman–Crippen MR) is 123 cm³/mol. The number of rotatable bonds is 6. The van der Waals surface area contributed by atoms with Gasteiger partial charge in [-0.05, 0) is 24.5 Å². The van der Waals surface area contributed by atoms with E-state index >= 15 is 0 Å². The summed E-state index contributed by atoms with van der Waals surface area (Å²) in [4.78, 5) is 17.8. The van der Waals surface area contributed by atoms with Crippen molar-refractivity contribution in [2.75, 3.05) is 30.7 Å². The van der Waals surface area contributed by atoms with Crippen LogP contribution in [0.2, 0.25) is 0 Å². The molecule has 1 aliphatic heterocycles. The Hall–Kier alpha value is -3.55. The number of nitrogens with zero attached hydrogens (tertiary/aromatic N) is 4. The molecule has 3 aromatic rings. The number of carbonyl (C=O) groups is 1. The fourth-order valence-electron chi connectivity index (χ4n) is 4.09. The minimum atomic E-state index is -4.51. The van der Waals surface area contributed by atoms with Gasteiger partial charge in [0.25, 0.3) is 10.0 Å². The van der Waals surface area contributed by atoms with Crippen LogP contribution in [0.3, 0.4) is 0 Å². The summed E-state index contributed by atoms with van der Waals surface area (Å²) in [6.45, 7) is 0.895. The second-order valence-electron chi connectivity index (χ2n) is 8.23. The van der Waals surface area contributed by atoms with Gasteiger partial charge in [-0.1, -0.05) is 25.1 Å². The van der Waals surface area contributed by atoms with Gasteiger partial charge in [0.15, 0.2) is 5.65 Å². The molecule has 1 saturated heterocycles. The number of hydrogen-bond acceptors (Lipinski definition) is 7. The van der Waals surface area contributed by atoms with Gasteiger partial charge in [0.1, 0.15) is 6.54 Å². The summed E-state index contributed by atoms with van der Waals surface area (Å²) in [5.41, 5.74) is 6.84. The molecule has 188 valence electrons. The van der Waals surface area contributed by atoms with E-state index in [0.717, 1.165) is 4.09 Å². The van der Waals surface area contributed by atoms with E-state index in [4.69, 9.17) is 5.73 Å². The largest absolute Gasteiger partial charge is 0.405 e. The van der Waals surface area contributed by atoms with Crippen molar-refractivity contribution < 1.29 is 26.4 Å². The van der Waals surface area contributed by atoms with E-state index in [2.05, 4.69) is 15.4 Å². The number of urea groups is 1. The third-order valence-corrected chi connectivity index (χ3v) is 7.48. The molecule has 0 saturated carbocycles. The minimum Gasteiger partial charge on any atom is -0.396 e. The summed E-state index contributed by atoms with van der Waals surface area (Å²) < 4.78 is 64.4. The van der Waals surface area contributed by atoms with Crippen molar-refractivity contribution in [3.8, 4) is 0 Å². The van der Waals surface area contributed by atoms with Gasteiger partial charge in [-0.3, -0.25) is 0 Å². The summed E-state index contributed by atoms with van der Waals surface area (Å²) in [6, 6.07) is 6.64. The predicted octanol–water partition coefficient (Wildman–Crippen LogP) is 2.64. The molecular weight excluding hydrogens is 487 g/mol. The number of nitrogens with one attached hydrogen (secondary N) is 2. The highest BCUT2D eigenvalue weighted by atomic mass is 32.2. The van der Waals surface area contributed by atoms with Crippen molar-refractivity contribution in [1.29, 1.82) is 0 Å². The molecule has 14 heteroatoms. The second-order valence-corrected chi connectivity index (χ2v) is 10.00. The quantitative estimate of drug-likeness (QED) is 0.463. The van der Waals surface area contributed by atoms with Crippen LogP contribution in [0.25, 0.3) is 11.0 Å². The first-order valence-electron chi connectivity index (χ1n) is 10.8. The van der Waals surface area contributed by atoms with E-state index in [0.29, 0.717) is 17.5 Å². The van der Waals surface area contributed by atoms with E-state index in [1.807, 2.05) is 12.2 Å².